The van der Waals surface area contributed by atoms with Crippen molar-refractivity contribution in [2.24, 2.45) is 0 Å². The molecule has 1 aromatic carbocycles. The number of rotatable bonds is 2. The van der Waals surface area contributed by atoms with Crippen LogP contribution in [0, 0.1) is 0 Å². The Hall–Kier alpha value is -1.48. The number of hydrogen-bond acceptors (Lipinski definition) is 3. The van der Waals surface area contributed by atoms with Gasteiger partial charge in [0.2, 0.25) is 0 Å². The van der Waals surface area contributed by atoms with Crippen LogP contribution in [0.1, 0.15) is 0 Å². The first-order valence-corrected chi connectivity index (χ1v) is 5.03. The Morgan fingerprint density at radius 2 is 1.80 bits per heavy atom. The van der Waals surface area contributed by atoms with Gasteiger partial charge in [0.1, 0.15) is 5.75 Å². The summed E-state index contributed by atoms with van der Waals surface area (Å²) < 4.78 is 5.12. The van der Waals surface area contributed by atoms with Crippen molar-refractivity contribution >= 4 is 12.6 Å². The average molecular weight is 217 g/mol. The Labute approximate surface area is 94.3 Å². The van der Waals surface area contributed by atoms with Crippen LogP contribution in [0.5, 0.6) is 5.75 Å². The summed E-state index contributed by atoms with van der Waals surface area (Å²) in [5, 5.41) is 0. The van der Waals surface area contributed by atoms with E-state index in [2.05, 4.69) is 17.6 Å². The standard InChI is InChI=1S/C12H11NOS/c1-14-11-6-10(7-13-8-11)9-2-4-12(15)5-3-9/h2-8,15H,1H3. The van der Waals surface area contributed by atoms with E-state index in [1.54, 1.807) is 13.3 Å². The van der Waals surface area contributed by atoms with E-state index in [4.69, 9.17) is 4.74 Å². The van der Waals surface area contributed by atoms with Crippen LogP contribution >= 0.6 is 12.6 Å². The summed E-state index contributed by atoms with van der Waals surface area (Å²) in [4.78, 5) is 5.06. The Bertz CT molecular complexity index is 453. The fraction of sp³-hybridized carbons (Fsp3) is 0.0833. The fourth-order valence-corrected chi connectivity index (χ4v) is 1.49. The lowest BCUT2D eigenvalue weighted by Gasteiger charge is -2.03. The monoisotopic (exact) mass is 217 g/mol. The van der Waals surface area contributed by atoms with Crippen molar-refractivity contribution in [3.8, 4) is 16.9 Å². The van der Waals surface area contributed by atoms with Crippen molar-refractivity contribution in [1.29, 1.82) is 0 Å². The van der Waals surface area contributed by atoms with E-state index < -0.39 is 0 Å². The predicted octanol–water partition coefficient (Wildman–Crippen LogP) is 3.05. The van der Waals surface area contributed by atoms with Crippen LogP contribution in [0.25, 0.3) is 11.1 Å². The highest BCUT2D eigenvalue weighted by Crippen LogP contribution is 2.23. The topological polar surface area (TPSA) is 22.1 Å². The summed E-state index contributed by atoms with van der Waals surface area (Å²) in [6.07, 6.45) is 3.51. The molecule has 0 unspecified atom stereocenters. The molecule has 0 aliphatic rings. The Morgan fingerprint density at radius 3 is 2.47 bits per heavy atom. The van der Waals surface area contributed by atoms with Gasteiger partial charge < -0.3 is 4.74 Å². The minimum absolute atomic E-state index is 0.766. The maximum atomic E-state index is 5.12. The highest BCUT2D eigenvalue weighted by atomic mass is 32.1. The molecule has 0 saturated carbocycles. The molecule has 3 heteroatoms. The van der Waals surface area contributed by atoms with Gasteiger partial charge in [0.05, 0.1) is 13.3 Å². The second-order valence-electron chi connectivity index (χ2n) is 3.16. The predicted molar refractivity (Wildman–Crippen MR) is 63.5 cm³/mol. The van der Waals surface area contributed by atoms with Crippen molar-refractivity contribution in [2.45, 2.75) is 4.90 Å². The van der Waals surface area contributed by atoms with Crippen LogP contribution in [0.4, 0.5) is 0 Å². The Morgan fingerprint density at radius 1 is 1.07 bits per heavy atom. The highest BCUT2D eigenvalue weighted by Gasteiger charge is 1.99. The minimum Gasteiger partial charge on any atom is -0.495 e. The van der Waals surface area contributed by atoms with E-state index in [1.165, 1.54) is 0 Å². The summed E-state index contributed by atoms with van der Waals surface area (Å²) >= 11 is 4.24. The molecule has 0 radical (unpaired) electrons. The summed E-state index contributed by atoms with van der Waals surface area (Å²) in [6, 6.07) is 9.90. The van der Waals surface area contributed by atoms with Crippen molar-refractivity contribution in [2.75, 3.05) is 7.11 Å². The number of thiol groups is 1. The van der Waals surface area contributed by atoms with E-state index in [1.807, 2.05) is 36.5 Å². The first kappa shape index (κ1) is 10.1. The molecule has 1 aromatic heterocycles. The van der Waals surface area contributed by atoms with Crippen LogP contribution in [0.2, 0.25) is 0 Å². The lowest BCUT2D eigenvalue weighted by Crippen LogP contribution is -1.85. The zero-order valence-corrected chi connectivity index (χ0v) is 9.24. The van der Waals surface area contributed by atoms with Crippen LogP contribution in [0.3, 0.4) is 0 Å². The highest BCUT2D eigenvalue weighted by molar-refractivity contribution is 7.80. The third-order valence-electron chi connectivity index (χ3n) is 2.15. The fourth-order valence-electron chi connectivity index (χ4n) is 1.34. The van der Waals surface area contributed by atoms with Gasteiger partial charge in [-0.1, -0.05) is 12.1 Å². The molecule has 15 heavy (non-hydrogen) atoms. The van der Waals surface area contributed by atoms with Gasteiger partial charge in [-0.05, 0) is 23.8 Å². The largest absolute Gasteiger partial charge is 0.495 e. The molecule has 0 saturated heterocycles. The molecule has 0 bridgehead atoms. The van der Waals surface area contributed by atoms with Gasteiger partial charge in [0.15, 0.2) is 0 Å². The zero-order chi connectivity index (χ0) is 10.7. The molecular formula is C12H11NOS. The number of aromatic nitrogens is 1. The van der Waals surface area contributed by atoms with E-state index in [0.717, 1.165) is 21.8 Å². The molecule has 0 fully saturated rings. The molecule has 0 spiro atoms. The van der Waals surface area contributed by atoms with E-state index in [9.17, 15) is 0 Å². The third-order valence-corrected chi connectivity index (χ3v) is 2.45. The summed E-state index contributed by atoms with van der Waals surface area (Å²) in [7, 11) is 1.64. The zero-order valence-electron chi connectivity index (χ0n) is 8.34. The number of pyridine rings is 1. The molecule has 0 atom stereocenters. The van der Waals surface area contributed by atoms with Crippen LogP contribution < -0.4 is 4.74 Å². The van der Waals surface area contributed by atoms with Gasteiger partial charge in [0.25, 0.3) is 0 Å². The summed E-state index contributed by atoms with van der Waals surface area (Å²) in [6.45, 7) is 0. The number of benzene rings is 1. The lowest BCUT2D eigenvalue weighted by molar-refractivity contribution is 0.413. The third kappa shape index (κ3) is 2.30. The van der Waals surface area contributed by atoms with E-state index in [-0.39, 0.29) is 0 Å². The van der Waals surface area contributed by atoms with E-state index in [0.29, 0.717) is 0 Å². The second kappa shape index (κ2) is 4.36. The maximum absolute atomic E-state index is 5.12. The van der Waals surface area contributed by atoms with Crippen LogP contribution in [0.15, 0.2) is 47.6 Å². The molecule has 0 aliphatic carbocycles. The molecule has 1 heterocycles. The molecule has 0 aliphatic heterocycles. The first-order valence-electron chi connectivity index (χ1n) is 4.58. The smallest absolute Gasteiger partial charge is 0.137 e. The minimum atomic E-state index is 0.766. The van der Waals surface area contributed by atoms with Gasteiger partial charge in [-0.25, -0.2) is 0 Å². The quantitative estimate of drug-likeness (QED) is 0.781. The normalized spacial score (nSPS) is 10.0. The van der Waals surface area contributed by atoms with Gasteiger partial charge in [-0.15, -0.1) is 12.6 Å². The van der Waals surface area contributed by atoms with Crippen LogP contribution in [-0.4, -0.2) is 12.1 Å². The molecule has 2 aromatic rings. The molecule has 0 N–H and O–H groups in total. The molecule has 0 amide bonds. The SMILES string of the molecule is COc1cncc(-c2ccc(S)cc2)c1. The van der Waals surface area contributed by atoms with Gasteiger partial charge >= 0.3 is 0 Å². The van der Waals surface area contributed by atoms with Crippen molar-refractivity contribution in [3.63, 3.8) is 0 Å². The van der Waals surface area contributed by atoms with Gasteiger partial charge in [-0.2, -0.15) is 0 Å². The lowest BCUT2D eigenvalue weighted by atomic mass is 10.1. The second-order valence-corrected chi connectivity index (χ2v) is 3.68. The number of ether oxygens (including phenoxy) is 1. The van der Waals surface area contributed by atoms with Crippen LogP contribution in [-0.2, 0) is 0 Å². The van der Waals surface area contributed by atoms with E-state index >= 15 is 0 Å². The number of nitrogens with zero attached hydrogens (tertiary/aromatic N) is 1. The number of hydrogen-bond donors (Lipinski definition) is 1. The Balaban J connectivity index is 2.40. The Kier molecular flexibility index (Phi) is 2.92. The van der Waals surface area contributed by atoms with Crippen molar-refractivity contribution < 1.29 is 4.74 Å². The van der Waals surface area contributed by atoms with Crippen molar-refractivity contribution in [3.05, 3.63) is 42.7 Å². The molecular weight excluding hydrogens is 206 g/mol. The van der Waals surface area contributed by atoms with Crippen molar-refractivity contribution in [1.82, 2.24) is 4.98 Å². The molecule has 76 valence electrons. The van der Waals surface area contributed by atoms with Gasteiger partial charge in [0, 0.05) is 16.7 Å². The molecule has 2 nitrogen and oxygen atoms in total. The first-order chi connectivity index (χ1) is 7.29. The van der Waals surface area contributed by atoms with Gasteiger partial charge in [-0.3, -0.25) is 4.98 Å². The average Bonchev–Trinajstić information content (AvgIpc) is 2.30. The maximum Gasteiger partial charge on any atom is 0.137 e. The summed E-state index contributed by atoms with van der Waals surface area (Å²) in [5.41, 5.74) is 2.15. The summed E-state index contributed by atoms with van der Waals surface area (Å²) in [5.74, 6) is 0.766. The number of methoxy groups -OCH3 is 1. The molecule has 2 rings (SSSR count).